The molecule has 0 aliphatic heterocycles. The Morgan fingerprint density at radius 2 is 1.56 bits per heavy atom. The molecule has 0 saturated heterocycles. The van der Waals surface area contributed by atoms with Crippen molar-refractivity contribution >= 4 is 11.8 Å². The summed E-state index contributed by atoms with van der Waals surface area (Å²) < 4.78 is 0.887. The lowest BCUT2D eigenvalue weighted by atomic mass is 10.3. The van der Waals surface area contributed by atoms with Crippen LogP contribution >= 0.6 is 0 Å². The third kappa shape index (κ3) is 14.2. The van der Waals surface area contributed by atoms with Crippen molar-refractivity contribution in [3.8, 4) is 0 Å². The minimum absolute atomic E-state index is 0.114. The molecule has 25 heavy (non-hydrogen) atoms. The summed E-state index contributed by atoms with van der Waals surface area (Å²) in [6.45, 7) is 12.0. The second kappa shape index (κ2) is 13.4. The molecule has 142 valence electrons. The van der Waals surface area contributed by atoms with Gasteiger partial charge in [0.15, 0.2) is 0 Å². The van der Waals surface area contributed by atoms with E-state index in [2.05, 4.69) is 62.0 Å². The molecule has 0 aromatic rings. The van der Waals surface area contributed by atoms with Gasteiger partial charge in [-0.15, -0.1) is 0 Å². The number of hydrogen-bond acceptors (Lipinski definition) is 3. The van der Waals surface area contributed by atoms with Crippen molar-refractivity contribution in [1.29, 1.82) is 0 Å². The van der Waals surface area contributed by atoms with Crippen molar-refractivity contribution in [2.45, 2.75) is 12.8 Å². The molecule has 0 unspecified atom stereocenters. The highest BCUT2D eigenvalue weighted by molar-refractivity contribution is 5.87. The van der Waals surface area contributed by atoms with Gasteiger partial charge in [0.2, 0.25) is 11.8 Å². The molecule has 0 spiro atoms. The zero-order valence-electron chi connectivity index (χ0n) is 16.1. The van der Waals surface area contributed by atoms with Crippen molar-refractivity contribution in [3.05, 3.63) is 37.5 Å². The first-order chi connectivity index (χ1) is 11.8. The summed E-state index contributed by atoms with van der Waals surface area (Å²) in [6.07, 6.45) is 8.84. The molecule has 0 saturated carbocycles. The van der Waals surface area contributed by atoms with E-state index in [1.807, 2.05) is 0 Å². The molecule has 0 radical (unpaired) electrons. The number of carbonyl (C=O) groups excluding carboxylic acids is 2. The summed E-state index contributed by atoms with van der Waals surface area (Å²) in [5.74, 6) is -0.232. The molecule has 6 nitrogen and oxygen atoms in total. The summed E-state index contributed by atoms with van der Waals surface area (Å²) in [6, 6.07) is 0. The van der Waals surface area contributed by atoms with Crippen LogP contribution < -0.4 is 10.6 Å². The van der Waals surface area contributed by atoms with E-state index >= 15 is 0 Å². The minimum atomic E-state index is -0.119. The van der Waals surface area contributed by atoms with E-state index in [0.717, 1.165) is 43.5 Å². The van der Waals surface area contributed by atoms with Crippen molar-refractivity contribution in [1.82, 2.24) is 15.5 Å². The van der Waals surface area contributed by atoms with Crippen LogP contribution in [0.5, 0.6) is 0 Å². The van der Waals surface area contributed by atoms with Crippen LogP contribution in [0.3, 0.4) is 0 Å². The molecule has 6 heteroatoms. The van der Waals surface area contributed by atoms with Crippen molar-refractivity contribution in [3.63, 3.8) is 0 Å². The lowest BCUT2D eigenvalue weighted by Gasteiger charge is -2.28. The minimum Gasteiger partial charge on any atom is -0.353 e. The number of likely N-dealkylation sites (N-methyl/N-ethyl adjacent to an activating group) is 2. The normalized spacial score (nSPS) is 11.5. The first kappa shape index (κ1) is 23.1. The van der Waals surface area contributed by atoms with E-state index in [0.29, 0.717) is 13.1 Å². The van der Waals surface area contributed by atoms with Crippen LogP contribution in [0.15, 0.2) is 37.5 Å². The van der Waals surface area contributed by atoms with Crippen LogP contribution in [0, 0.1) is 0 Å². The third-order valence-corrected chi connectivity index (χ3v) is 3.81. The zero-order valence-corrected chi connectivity index (χ0v) is 16.1. The Labute approximate surface area is 152 Å². The van der Waals surface area contributed by atoms with E-state index < -0.39 is 0 Å². The quantitative estimate of drug-likeness (QED) is 0.212. The van der Waals surface area contributed by atoms with Gasteiger partial charge in [-0.25, -0.2) is 0 Å². The monoisotopic (exact) mass is 351 g/mol. The van der Waals surface area contributed by atoms with Gasteiger partial charge in [-0.05, 0) is 38.2 Å². The topological polar surface area (TPSA) is 61.4 Å². The number of hydrogen-bond donors (Lipinski definition) is 2. The molecule has 0 aromatic carbocycles. The Bertz CT molecular complexity index is 458. The SMILES string of the molecule is C=CC(=O)NCCCN(C)C/C=C/C[N+](C)(C)CCCNC(=O)C=C. The van der Waals surface area contributed by atoms with Gasteiger partial charge in [0.25, 0.3) is 0 Å². The molecule has 0 aromatic heterocycles. The number of nitrogens with zero attached hydrogens (tertiary/aromatic N) is 2. The molecule has 0 atom stereocenters. The van der Waals surface area contributed by atoms with Crippen molar-refractivity contribution in [2.24, 2.45) is 0 Å². The van der Waals surface area contributed by atoms with Crippen LogP contribution in [0.2, 0.25) is 0 Å². The Kier molecular flexibility index (Phi) is 12.4. The number of amides is 2. The summed E-state index contributed by atoms with van der Waals surface area (Å²) in [7, 11) is 6.44. The fraction of sp³-hybridized carbons (Fsp3) is 0.579. The van der Waals surface area contributed by atoms with Gasteiger partial charge in [-0.3, -0.25) is 9.59 Å². The predicted molar refractivity (Wildman–Crippen MR) is 104 cm³/mol. The summed E-state index contributed by atoms with van der Waals surface area (Å²) in [5.41, 5.74) is 0. The molecule has 2 amide bonds. The average molecular weight is 352 g/mol. The second-order valence-corrected chi connectivity index (χ2v) is 6.77. The standard InChI is InChI=1S/C19H34N4O2/c1-6-18(24)20-12-10-15-22(3)14-8-9-16-23(4,5)17-11-13-21-19(25)7-2/h6-9H,1-2,10-17H2,3-5H3,(H-,20,21,24,25)/p+1/b9-8+. The summed E-state index contributed by atoms with van der Waals surface area (Å²) in [4.78, 5) is 24.3. The summed E-state index contributed by atoms with van der Waals surface area (Å²) >= 11 is 0. The summed E-state index contributed by atoms with van der Waals surface area (Å²) in [5, 5.41) is 5.57. The van der Waals surface area contributed by atoms with Gasteiger partial charge in [-0.1, -0.05) is 19.2 Å². The molecular weight excluding hydrogens is 316 g/mol. The smallest absolute Gasteiger partial charge is 0.243 e. The number of rotatable bonds is 14. The maximum absolute atomic E-state index is 11.1. The highest BCUT2D eigenvalue weighted by Crippen LogP contribution is 1.99. The largest absolute Gasteiger partial charge is 0.353 e. The molecule has 0 aliphatic carbocycles. The van der Waals surface area contributed by atoms with Gasteiger partial charge < -0.3 is 20.0 Å². The second-order valence-electron chi connectivity index (χ2n) is 6.77. The van der Waals surface area contributed by atoms with Crippen LogP contribution in [0.1, 0.15) is 12.8 Å². The van der Waals surface area contributed by atoms with Crippen LogP contribution in [0.4, 0.5) is 0 Å². The number of nitrogens with one attached hydrogen (secondary N) is 2. The van der Waals surface area contributed by atoms with Gasteiger partial charge in [0.1, 0.15) is 0 Å². The Morgan fingerprint density at radius 1 is 1.00 bits per heavy atom. The molecule has 0 heterocycles. The first-order valence-electron chi connectivity index (χ1n) is 8.77. The molecule has 0 aliphatic rings. The van der Waals surface area contributed by atoms with Crippen LogP contribution in [-0.4, -0.2) is 81.6 Å². The fourth-order valence-electron chi connectivity index (χ4n) is 2.22. The zero-order chi connectivity index (χ0) is 19.1. The van der Waals surface area contributed by atoms with Crippen molar-refractivity contribution < 1.29 is 14.1 Å². The van der Waals surface area contributed by atoms with E-state index in [9.17, 15) is 9.59 Å². The molecule has 2 N–H and O–H groups in total. The molecule has 0 bridgehead atoms. The van der Waals surface area contributed by atoms with E-state index in [1.54, 1.807) is 0 Å². The highest BCUT2D eigenvalue weighted by Gasteiger charge is 2.12. The molecular formula is C19H35N4O2+. The van der Waals surface area contributed by atoms with Crippen LogP contribution in [-0.2, 0) is 9.59 Å². The lowest BCUT2D eigenvalue weighted by Crippen LogP contribution is -2.41. The number of quaternary nitrogens is 1. The van der Waals surface area contributed by atoms with E-state index in [1.165, 1.54) is 12.2 Å². The van der Waals surface area contributed by atoms with E-state index in [4.69, 9.17) is 0 Å². The first-order valence-corrected chi connectivity index (χ1v) is 8.77. The predicted octanol–water partition coefficient (Wildman–Crippen LogP) is 0.935. The maximum Gasteiger partial charge on any atom is 0.243 e. The fourth-order valence-corrected chi connectivity index (χ4v) is 2.22. The Hall–Kier alpha value is -1.92. The lowest BCUT2D eigenvalue weighted by molar-refractivity contribution is -0.884. The van der Waals surface area contributed by atoms with Gasteiger partial charge >= 0.3 is 0 Å². The van der Waals surface area contributed by atoms with Crippen molar-refractivity contribution in [2.75, 3.05) is 60.4 Å². The molecule has 0 rings (SSSR count). The van der Waals surface area contributed by atoms with E-state index in [-0.39, 0.29) is 11.8 Å². The van der Waals surface area contributed by atoms with Crippen LogP contribution in [0.25, 0.3) is 0 Å². The Morgan fingerprint density at radius 3 is 2.12 bits per heavy atom. The average Bonchev–Trinajstić information content (AvgIpc) is 2.58. The van der Waals surface area contributed by atoms with Gasteiger partial charge in [-0.2, -0.15) is 0 Å². The van der Waals surface area contributed by atoms with Gasteiger partial charge in [0, 0.05) is 26.1 Å². The van der Waals surface area contributed by atoms with Gasteiger partial charge in [0.05, 0.1) is 27.2 Å². The number of carbonyl (C=O) groups is 2. The Balaban J connectivity index is 3.81. The third-order valence-electron chi connectivity index (χ3n) is 3.81. The molecule has 0 fully saturated rings. The highest BCUT2D eigenvalue weighted by atomic mass is 16.2. The maximum atomic E-state index is 11.1.